The van der Waals surface area contributed by atoms with Crippen molar-refractivity contribution in [2.75, 3.05) is 5.32 Å². The van der Waals surface area contributed by atoms with Gasteiger partial charge in [-0.15, -0.1) is 11.3 Å². The van der Waals surface area contributed by atoms with E-state index in [9.17, 15) is 4.79 Å². The van der Waals surface area contributed by atoms with E-state index in [4.69, 9.17) is 5.11 Å². The average molecular weight is 277 g/mol. The summed E-state index contributed by atoms with van der Waals surface area (Å²) in [5.41, 5.74) is 0.743. The van der Waals surface area contributed by atoms with Gasteiger partial charge in [0, 0.05) is 0 Å². The molecule has 100 valence electrons. The lowest BCUT2D eigenvalue weighted by molar-refractivity contribution is -0.138. The quantitative estimate of drug-likeness (QED) is 0.879. The predicted octanol–water partition coefficient (Wildman–Crippen LogP) is 2.73. The molecule has 0 bridgehead atoms. The third-order valence-corrected chi connectivity index (χ3v) is 3.54. The van der Waals surface area contributed by atoms with Crippen LogP contribution in [0.4, 0.5) is 5.82 Å². The Morgan fingerprint density at radius 2 is 2.21 bits per heavy atom. The van der Waals surface area contributed by atoms with Crippen molar-refractivity contribution in [1.29, 1.82) is 0 Å². The van der Waals surface area contributed by atoms with Gasteiger partial charge in [-0.1, -0.05) is 19.9 Å². The van der Waals surface area contributed by atoms with Gasteiger partial charge in [-0.2, -0.15) is 0 Å². The Bertz CT molecular complexity index is 555. The summed E-state index contributed by atoms with van der Waals surface area (Å²) >= 11 is 1.57. The number of thiophene rings is 1. The van der Waals surface area contributed by atoms with Gasteiger partial charge in [-0.3, -0.25) is 4.98 Å². The van der Waals surface area contributed by atoms with Gasteiger partial charge in [0.25, 0.3) is 0 Å². The lowest BCUT2D eigenvalue weighted by Gasteiger charge is -2.18. The van der Waals surface area contributed by atoms with Crippen molar-refractivity contribution in [2.24, 2.45) is 5.92 Å². The second-order valence-electron chi connectivity index (χ2n) is 4.47. The molecule has 0 aliphatic rings. The minimum atomic E-state index is -0.890. The second kappa shape index (κ2) is 5.79. The normalized spacial score (nSPS) is 12.4. The molecular weight excluding hydrogens is 262 g/mol. The van der Waals surface area contributed by atoms with Gasteiger partial charge >= 0.3 is 5.97 Å². The molecule has 0 spiro atoms. The summed E-state index contributed by atoms with van der Waals surface area (Å²) in [7, 11) is 0. The highest BCUT2D eigenvalue weighted by molar-refractivity contribution is 7.13. The van der Waals surface area contributed by atoms with E-state index in [0.29, 0.717) is 5.82 Å². The van der Waals surface area contributed by atoms with Crippen LogP contribution in [0, 0.1) is 5.92 Å². The fourth-order valence-corrected chi connectivity index (χ4v) is 2.33. The van der Waals surface area contributed by atoms with Gasteiger partial charge in [0.1, 0.15) is 17.6 Å². The lowest BCUT2D eigenvalue weighted by Crippen LogP contribution is -2.34. The molecular formula is C13H15N3O2S. The van der Waals surface area contributed by atoms with Crippen LogP contribution in [-0.2, 0) is 4.79 Å². The van der Waals surface area contributed by atoms with E-state index in [1.54, 1.807) is 17.5 Å². The molecule has 2 N–H and O–H groups in total. The highest BCUT2D eigenvalue weighted by Gasteiger charge is 2.21. The number of rotatable bonds is 5. The number of hydrogen-bond acceptors (Lipinski definition) is 5. The van der Waals surface area contributed by atoms with Gasteiger partial charge in [-0.05, 0) is 17.4 Å². The van der Waals surface area contributed by atoms with Crippen molar-refractivity contribution in [3.8, 4) is 10.6 Å². The third kappa shape index (κ3) is 3.29. The minimum absolute atomic E-state index is 0.0373. The van der Waals surface area contributed by atoms with Crippen molar-refractivity contribution in [3.05, 3.63) is 29.9 Å². The monoisotopic (exact) mass is 277 g/mol. The summed E-state index contributed by atoms with van der Waals surface area (Å²) in [5.74, 6) is -0.449. The van der Waals surface area contributed by atoms with E-state index in [0.717, 1.165) is 10.6 Å². The van der Waals surface area contributed by atoms with E-state index < -0.39 is 12.0 Å². The largest absolute Gasteiger partial charge is 0.480 e. The smallest absolute Gasteiger partial charge is 0.326 e. The van der Waals surface area contributed by atoms with Crippen molar-refractivity contribution in [1.82, 2.24) is 9.97 Å². The summed E-state index contributed by atoms with van der Waals surface area (Å²) in [4.78, 5) is 20.7. The van der Waals surface area contributed by atoms with Gasteiger partial charge < -0.3 is 10.4 Å². The van der Waals surface area contributed by atoms with E-state index in [1.165, 1.54) is 6.20 Å². The Hall–Kier alpha value is -1.95. The molecule has 2 aromatic rings. The molecule has 0 unspecified atom stereocenters. The first-order valence-corrected chi connectivity index (χ1v) is 6.81. The van der Waals surface area contributed by atoms with Crippen LogP contribution in [0.15, 0.2) is 29.9 Å². The standard InChI is InChI=1S/C13H15N3O2S/c1-8(2)12(13(17)18)16-11-7-14-6-9(15-11)10-4-3-5-19-10/h3-8,12H,1-2H3,(H,15,16)(H,17,18)/t12-/m0/s1. The van der Waals surface area contributed by atoms with Crippen LogP contribution in [0.25, 0.3) is 10.6 Å². The third-order valence-electron chi connectivity index (χ3n) is 2.64. The minimum Gasteiger partial charge on any atom is -0.480 e. The molecule has 5 nitrogen and oxygen atoms in total. The van der Waals surface area contributed by atoms with Crippen molar-refractivity contribution >= 4 is 23.1 Å². The number of aliphatic carboxylic acids is 1. The van der Waals surface area contributed by atoms with E-state index in [1.807, 2.05) is 31.4 Å². The number of nitrogens with one attached hydrogen (secondary N) is 1. The molecule has 2 rings (SSSR count). The molecule has 0 aromatic carbocycles. The van der Waals surface area contributed by atoms with E-state index in [2.05, 4.69) is 15.3 Å². The van der Waals surface area contributed by atoms with Gasteiger partial charge in [0.05, 0.1) is 17.3 Å². The molecule has 19 heavy (non-hydrogen) atoms. The fourth-order valence-electron chi connectivity index (χ4n) is 1.65. The summed E-state index contributed by atoms with van der Waals surface area (Å²) in [6.45, 7) is 3.70. The molecule has 6 heteroatoms. The first-order valence-electron chi connectivity index (χ1n) is 5.93. The molecule has 0 radical (unpaired) electrons. The highest BCUT2D eigenvalue weighted by Crippen LogP contribution is 2.23. The van der Waals surface area contributed by atoms with Gasteiger partial charge in [0.2, 0.25) is 0 Å². The zero-order valence-corrected chi connectivity index (χ0v) is 11.5. The zero-order valence-electron chi connectivity index (χ0n) is 10.7. The average Bonchev–Trinajstić information content (AvgIpc) is 2.89. The molecule has 2 heterocycles. The molecule has 1 atom stereocenters. The molecule has 0 aliphatic heterocycles. The van der Waals surface area contributed by atoms with Crippen LogP contribution in [-0.4, -0.2) is 27.1 Å². The van der Waals surface area contributed by atoms with E-state index in [-0.39, 0.29) is 5.92 Å². The Kier molecular flexibility index (Phi) is 4.11. The topological polar surface area (TPSA) is 75.1 Å². The highest BCUT2D eigenvalue weighted by atomic mass is 32.1. The van der Waals surface area contributed by atoms with Crippen LogP contribution in [0.3, 0.4) is 0 Å². The Morgan fingerprint density at radius 3 is 2.79 bits per heavy atom. The Balaban J connectivity index is 2.22. The zero-order chi connectivity index (χ0) is 13.8. The van der Waals surface area contributed by atoms with E-state index >= 15 is 0 Å². The number of anilines is 1. The Morgan fingerprint density at radius 1 is 1.42 bits per heavy atom. The SMILES string of the molecule is CC(C)[C@H](Nc1cncc(-c2cccs2)n1)C(=O)O. The van der Waals surface area contributed by atoms with Crippen LogP contribution >= 0.6 is 11.3 Å². The first-order chi connectivity index (χ1) is 9.08. The lowest BCUT2D eigenvalue weighted by atomic mass is 10.1. The maximum atomic E-state index is 11.2. The molecule has 0 saturated carbocycles. The fraction of sp³-hybridized carbons (Fsp3) is 0.308. The summed E-state index contributed by atoms with van der Waals surface area (Å²) < 4.78 is 0. The van der Waals surface area contributed by atoms with Gasteiger partial charge in [-0.25, -0.2) is 9.78 Å². The van der Waals surface area contributed by atoms with Crippen molar-refractivity contribution in [3.63, 3.8) is 0 Å². The first kappa shape index (κ1) is 13.5. The second-order valence-corrected chi connectivity index (χ2v) is 5.42. The maximum absolute atomic E-state index is 11.2. The number of nitrogens with zero attached hydrogens (tertiary/aromatic N) is 2. The summed E-state index contributed by atoms with van der Waals surface area (Å²) in [6, 6.07) is 3.22. The van der Waals surface area contributed by atoms with Crippen LogP contribution in [0.5, 0.6) is 0 Å². The molecule has 2 aromatic heterocycles. The number of carbonyl (C=O) groups is 1. The maximum Gasteiger partial charge on any atom is 0.326 e. The number of aromatic nitrogens is 2. The molecule has 0 saturated heterocycles. The van der Waals surface area contributed by atoms with Crippen molar-refractivity contribution < 1.29 is 9.90 Å². The molecule has 0 aliphatic carbocycles. The number of carboxylic acids is 1. The number of carboxylic acid groups (broad SMARTS) is 1. The summed E-state index contributed by atoms with van der Waals surface area (Å²) in [5, 5.41) is 14.0. The number of hydrogen-bond donors (Lipinski definition) is 2. The molecule has 0 amide bonds. The van der Waals surface area contributed by atoms with Gasteiger partial charge in [0.15, 0.2) is 0 Å². The van der Waals surface area contributed by atoms with Crippen LogP contribution < -0.4 is 5.32 Å². The van der Waals surface area contributed by atoms with Crippen LogP contribution in [0.1, 0.15) is 13.8 Å². The van der Waals surface area contributed by atoms with Crippen LogP contribution in [0.2, 0.25) is 0 Å². The van der Waals surface area contributed by atoms with Crippen molar-refractivity contribution in [2.45, 2.75) is 19.9 Å². The summed E-state index contributed by atoms with van der Waals surface area (Å²) in [6.07, 6.45) is 3.21. The Labute approximate surface area is 115 Å². The molecule has 0 fully saturated rings. The predicted molar refractivity (Wildman–Crippen MR) is 75.2 cm³/mol.